The van der Waals surface area contributed by atoms with Crippen LogP contribution >= 0.6 is 0 Å². The highest BCUT2D eigenvalue weighted by Gasteiger charge is 2.44. The van der Waals surface area contributed by atoms with Gasteiger partial charge < -0.3 is 27.0 Å². The molecule has 172 valence electrons. The Bertz CT molecular complexity index is 755. The number of unbranched alkanes of at least 4 members (excludes halogenated alkanes) is 1. The van der Waals surface area contributed by atoms with E-state index in [4.69, 9.17) is 21.9 Å². The number of aliphatic carboxylic acids is 1. The Kier molecular flexibility index (Phi) is 10.8. The second-order valence-corrected chi connectivity index (χ2v) is 7.55. The van der Waals surface area contributed by atoms with Crippen LogP contribution in [-0.4, -0.2) is 58.4 Å². The summed E-state index contributed by atoms with van der Waals surface area (Å²) in [6, 6.07) is 4.05. The first-order chi connectivity index (χ1) is 14.6. The van der Waals surface area contributed by atoms with Crippen molar-refractivity contribution in [2.45, 2.75) is 57.8 Å². The van der Waals surface area contributed by atoms with Gasteiger partial charge in [0.15, 0.2) is 11.8 Å². The highest BCUT2D eigenvalue weighted by atomic mass is 16.6. The summed E-state index contributed by atoms with van der Waals surface area (Å²) in [4.78, 5) is 50.7. The zero-order valence-electron chi connectivity index (χ0n) is 17.9. The van der Waals surface area contributed by atoms with Crippen LogP contribution < -0.4 is 17.2 Å². The number of hydrogen-bond donors (Lipinski definition) is 4. The molecular weight excluding hydrogens is 404 g/mol. The lowest BCUT2D eigenvalue weighted by molar-refractivity contribution is -0.154. The molecule has 3 atom stereocenters. The van der Waals surface area contributed by atoms with Gasteiger partial charge in [0.25, 0.3) is 0 Å². The molecule has 0 bridgehead atoms. The fourth-order valence-corrected chi connectivity index (χ4v) is 2.79. The number of Topliss-reactive ketones (excluding diaryl/α,β-unsaturated/α-hetero) is 1. The van der Waals surface area contributed by atoms with Crippen molar-refractivity contribution in [3.63, 3.8) is 0 Å². The van der Waals surface area contributed by atoms with Crippen LogP contribution in [0.15, 0.2) is 30.3 Å². The number of benzene rings is 1. The third kappa shape index (κ3) is 7.74. The van der Waals surface area contributed by atoms with E-state index in [0.717, 1.165) is 0 Å². The molecule has 0 saturated carbocycles. The van der Waals surface area contributed by atoms with Crippen molar-refractivity contribution < 1.29 is 29.0 Å². The van der Waals surface area contributed by atoms with E-state index in [1.54, 1.807) is 44.2 Å². The molecule has 0 spiro atoms. The summed E-state index contributed by atoms with van der Waals surface area (Å²) < 4.78 is 5.14. The van der Waals surface area contributed by atoms with Gasteiger partial charge in [0.05, 0.1) is 12.1 Å². The fraction of sp³-hybridized carbons (Fsp3) is 0.524. The van der Waals surface area contributed by atoms with Crippen LogP contribution in [0.1, 0.15) is 38.7 Å². The second-order valence-electron chi connectivity index (χ2n) is 7.55. The Labute approximate surface area is 181 Å². The number of carbonyl (C=O) groups excluding carboxylic acids is 3. The lowest BCUT2D eigenvalue weighted by Crippen LogP contribution is -2.60. The van der Waals surface area contributed by atoms with Gasteiger partial charge in [0, 0.05) is 0 Å². The molecule has 0 radical (unpaired) electrons. The largest absolute Gasteiger partial charge is 0.479 e. The van der Waals surface area contributed by atoms with Gasteiger partial charge in [0.1, 0.15) is 6.61 Å². The summed E-state index contributed by atoms with van der Waals surface area (Å²) in [7, 11) is 0. The maximum Gasteiger partial charge on any atom is 0.418 e. The number of ketones is 1. The van der Waals surface area contributed by atoms with E-state index in [-0.39, 0.29) is 17.9 Å². The van der Waals surface area contributed by atoms with Gasteiger partial charge in [0.2, 0.25) is 5.91 Å². The Balaban J connectivity index is 3.19. The molecule has 10 nitrogen and oxygen atoms in total. The van der Waals surface area contributed by atoms with Crippen LogP contribution in [0, 0.1) is 5.92 Å². The predicted octanol–water partition coefficient (Wildman–Crippen LogP) is 0.614. The Hall–Kier alpha value is -2.82. The minimum absolute atomic E-state index is 0.162. The first-order valence-electron chi connectivity index (χ1n) is 10.1. The quantitative estimate of drug-likeness (QED) is 0.270. The standard InChI is InChI=1S/C21H32N4O6/c1-13(2)16(24)18(26)17(20(28)29)25(19(27)15(23)10-6-7-11-22)21(30)31-12-14-8-4-3-5-9-14/h3-5,8-9,13,15-17H,6-7,10-12,22-24H2,1-2H3,(H,28,29). The topological polar surface area (TPSA) is 179 Å². The summed E-state index contributed by atoms with van der Waals surface area (Å²) >= 11 is 0. The third-order valence-electron chi connectivity index (χ3n) is 4.73. The Morgan fingerprint density at radius 2 is 1.68 bits per heavy atom. The van der Waals surface area contributed by atoms with E-state index in [1.165, 1.54) is 0 Å². The van der Waals surface area contributed by atoms with Crippen LogP contribution in [0.3, 0.4) is 0 Å². The number of hydrogen-bond acceptors (Lipinski definition) is 8. The molecular formula is C21H32N4O6. The average Bonchev–Trinajstić information content (AvgIpc) is 2.74. The van der Waals surface area contributed by atoms with Crippen LogP contribution in [0.5, 0.6) is 0 Å². The molecule has 1 aromatic carbocycles. The van der Waals surface area contributed by atoms with Gasteiger partial charge in [-0.2, -0.15) is 0 Å². The molecule has 0 aliphatic carbocycles. The number of carboxylic acids is 1. The third-order valence-corrected chi connectivity index (χ3v) is 4.73. The highest BCUT2D eigenvalue weighted by molar-refractivity contribution is 6.12. The number of imide groups is 1. The van der Waals surface area contributed by atoms with Crippen molar-refractivity contribution in [1.82, 2.24) is 4.90 Å². The predicted molar refractivity (Wildman–Crippen MR) is 114 cm³/mol. The maximum absolute atomic E-state index is 12.9. The van der Waals surface area contributed by atoms with E-state index in [0.29, 0.717) is 24.9 Å². The number of carboxylic acid groups (broad SMARTS) is 1. The van der Waals surface area contributed by atoms with Crippen LogP contribution in [0.25, 0.3) is 0 Å². The van der Waals surface area contributed by atoms with Crippen molar-refractivity contribution in [3.05, 3.63) is 35.9 Å². The SMILES string of the molecule is CC(C)C(N)C(=O)C(C(=O)O)N(C(=O)OCc1ccccc1)C(=O)C(N)CCCCN. The molecule has 0 saturated heterocycles. The van der Waals surface area contributed by atoms with E-state index in [9.17, 15) is 24.3 Å². The minimum Gasteiger partial charge on any atom is -0.479 e. The van der Waals surface area contributed by atoms with Crippen LogP contribution in [-0.2, 0) is 25.7 Å². The molecule has 10 heteroatoms. The highest BCUT2D eigenvalue weighted by Crippen LogP contribution is 2.15. The van der Waals surface area contributed by atoms with Crippen molar-refractivity contribution in [3.8, 4) is 0 Å². The van der Waals surface area contributed by atoms with Gasteiger partial charge in [-0.3, -0.25) is 9.59 Å². The maximum atomic E-state index is 12.9. The summed E-state index contributed by atoms with van der Waals surface area (Å²) in [6.07, 6.45) is -0.0262. The van der Waals surface area contributed by atoms with Crippen LogP contribution in [0.4, 0.5) is 4.79 Å². The molecule has 0 aliphatic heterocycles. The molecule has 0 aromatic heterocycles. The molecule has 0 heterocycles. The van der Waals surface area contributed by atoms with E-state index in [2.05, 4.69) is 0 Å². The Morgan fingerprint density at radius 3 is 2.19 bits per heavy atom. The zero-order valence-corrected chi connectivity index (χ0v) is 17.9. The molecule has 1 rings (SSSR count). The second kappa shape index (κ2) is 12.8. The molecule has 0 aliphatic rings. The van der Waals surface area contributed by atoms with Gasteiger partial charge in [-0.25, -0.2) is 14.5 Å². The summed E-state index contributed by atoms with van der Waals surface area (Å²) in [6.45, 7) is 3.42. The first kappa shape index (κ1) is 26.2. The molecule has 2 amide bonds. The van der Waals surface area contributed by atoms with Gasteiger partial charge in [-0.15, -0.1) is 0 Å². The van der Waals surface area contributed by atoms with E-state index < -0.39 is 47.8 Å². The van der Waals surface area contributed by atoms with Crippen molar-refractivity contribution in [2.24, 2.45) is 23.1 Å². The van der Waals surface area contributed by atoms with Gasteiger partial charge in [-0.1, -0.05) is 50.6 Å². The summed E-state index contributed by atoms with van der Waals surface area (Å²) in [5.41, 5.74) is 17.8. The minimum atomic E-state index is -2.14. The smallest absolute Gasteiger partial charge is 0.418 e. The summed E-state index contributed by atoms with van der Waals surface area (Å²) in [5, 5.41) is 9.69. The fourth-order valence-electron chi connectivity index (χ4n) is 2.79. The molecule has 3 unspecified atom stereocenters. The van der Waals surface area contributed by atoms with E-state index in [1.807, 2.05) is 0 Å². The van der Waals surface area contributed by atoms with Crippen molar-refractivity contribution in [2.75, 3.05) is 6.54 Å². The average molecular weight is 437 g/mol. The number of rotatable bonds is 12. The monoisotopic (exact) mass is 436 g/mol. The molecule has 1 aromatic rings. The van der Waals surface area contributed by atoms with Gasteiger partial charge in [-0.05, 0) is 30.9 Å². The number of nitrogens with zero attached hydrogens (tertiary/aromatic N) is 1. The first-order valence-corrected chi connectivity index (χ1v) is 10.1. The van der Waals surface area contributed by atoms with Crippen molar-refractivity contribution in [1.29, 1.82) is 0 Å². The normalized spacial score (nSPS) is 13.9. The van der Waals surface area contributed by atoms with Gasteiger partial charge >= 0.3 is 12.1 Å². The molecule has 0 fully saturated rings. The lowest BCUT2D eigenvalue weighted by Gasteiger charge is -2.30. The van der Waals surface area contributed by atoms with E-state index >= 15 is 0 Å². The number of nitrogens with two attached hydrogens (primary N) is 3. The molecule has 7 N–H and O–H groups in total. The lowest BCUT2D eigenvalue weighted by atomic mass is 9.95. The number of ether oxygens (including phenoxy) is 1. The van der Waals surface area contributed by atoms with Crippen molar-refractivity contribution >= 4 is 23.8 Å². The number of amides is 2. The Morgan fingerprint density at radius 1 is 1.06 bits per heavy atom. The molecule has 31 heavy (non-hydrogen) atoms. The summed E-state index contributed by atoms with van der Waals surface area (Å²) in [5.74, 6) is -4.11. The van der Waals surface area contributed by atoms with Crippen LogP contribution in [0.2, 0.25) is 0 Å². The zero-order chi connectivity index (χ0) is 23.6. The number of carbonyl (C=O) groups is 4.